The van der Waals surface area contributed by atoms with Gasteiger partial charge in [0.2, 0.25) is 5.91 Å². The van der Waals surface area contributed by atoms with Crippen LogP contribution in [0.25, 0.3) is 0 Å². The molecule has 2 rings (SSSR count). The van der Waals surface area contributed by atoms with E-state index in [2.05, 4.69) is 11.9 Å². The topological polar surface area (TPSA) is 98.8 Å². The number of carbonyl (C=O) groups excluding carboxylic acids is 2. The average molecular weight is 331 g/mol. The summed E-state index contributed by atoms with van der Waals surface area (Å²) in [5.74, 6) is -0.871. The van der Waals surface area contributed by atoms with Crippen LogP contribution < -0.4 is 5.32 Å². The van der Waals surface area contributed by atoms with E-state index in [1.54, 1.807) is 6.92 Å². The van der Waals surface area contributed by atoms with Gasteiger partial charge in [0.1, 0.15) is 18.2 Å². The van der Waals surface area contributed by atoms with Crippen molar-refractivity contribution in [3.8, 4) is 0 Å². The molecular weight excluding hydrogens is 310 g/mol. The number of esters is 1. The highest BCUT2D eigenvalue weighted by molar-refractivity contribution is 7.67. The van der Waals surface area contributed by atoms with Crippen LogP contribution in [-0.4, -0.2) is 38.5 Å². The summed E-state index contributed by atoms with van der Waals surface area (Å²) in [4.78, 5) is 23.3. The number of ether oxygens (including phenoxy) is 1. The van der Waals surface area contributed by atoms with E-state index in [9.17, 15) is 18.0 Å². The second-order valence-corrected chi connectivity index (χ2v) is 6.80. The Kier molecular flexibility index (Phi) is 4.91. The molecule has 2 bridgehead atoms. The minimum atomic E-state index is -3.01. The largest absolute Gasteiger partial charge is 0.455 e. The van der Waals surface area contributed by atoms with Crippen molar-refractivity contribution in [2.45, 2.75) is 44.8 Å². The van der Waals surface area contributed by atoms with Gasteiger partial charge in [-0.25, -0.2) is 8.42 Å². The van der Waals surface area contributed by atoms with Gasteiger partial charge >= 0.3 is 5.97 Å². The Morgan fingerprint density at radius 1 is 1.36 bits per heavy atom. The Balaban J connectivity index is 2.01. The first-order valence-electron chi connectivity index (χ1n) is 7.20. The Morgan fingerprint density at radius 3 is 2.64 bits per heavy atom. The fourth-order valence-corrected chi connectivity index (χ4v) is 4.09. The minimum Gasteiger partial charge on any atom is -0.455 e. The van der Waals surface area contributed by atoms with Crippen molar-refractivity contribution in [3.05, 3.63) is 12.2 Å². The summed E-state index contributed by atoms with van der Waals surface area (Å²) in [5.41, 5.74) is -0.674. The van der Waals surface area contributed by atoms with Crippen LogP contribution in [0.15, 0.2) is 12.2 Å². The third-order valence-corrected chi connectivity index (χ3v) is 4.99. The molecular formula is C14H21NO6S. The zero-order valence-corrected chi connectivity index (χ0v) is 13.6. The molecule has 124 valence electrons. The number of hydrogen-bond acceptors (Lipinski definition) is 6. The van der Waals surface area contributed by atoms with Crippen LogP contribution in [0, 0.1) is 11.8 Å². The monoisotopic (exact) mass is 331 g/mol. The molecule has 1 N–H and O–H groups in total. The van der Waals surface area contributed by atoms with Gasteiger partial charge in [-0.15, -0.1) is 0 Å². The molecule has 2 fully saturated rings. The third kappa shape index (κ3) is 3.33. The molecule has 7 nitrogen and oxygen atoms in total. The average Bonchev–Trinajstić information content (AvgIpc) is 2.98. The lowest BCUT2D eigenvalue weighted by atomic mass is 9.83. The molecule has 2 saturated carbocycles. The minimum absolute atomic E-state index is 0.0817. The lowest BCUT2D eigenvalue weighted by molar-refractivity contribution is -0.174. The second-order valence-electron chi connectivity index (χ2n) is 6.14. The van der Waals surface area contributed by atoms with Crippen molar-refractivity contribution in [3.63, 3.8) is 0 Å². The lowest BCUT2D eigenvalue weighted by Crippen LogP contribution is -2.50. The van der Waals surface area contributed by atoms with Crippen LogP contribution in [0.2, 0.25) is 0 Å². The number of hydrogen-bond donors (Lipinski definition) is 2. The van der Waals surface area contributed by atoms with Crippen LogP contribution in [-0.2, 0) is 29.5 Å². The van der Waals surface area contributed by atoms with E-state index in [1.807, 2.05) is 0 Å². The maximum atomic E-state index is 12.0. The van der Waals surface area contributed by atoms with E-state index >= 15 is 0 Å². The van der Waals surface area contributed by atoms with E-state index in [0.29, 0.717) is 5.57 Å². The maximum Gasteiger partial charge on any atom is 0.326 e. The van der Waals surface area contributed by atoms with Crippen molar-refractivity contribution < 1.29 is 26.9 Å². The van der Waals surface area contributed by atoms with Crippen molar-refractivity contribution in [1.82, 2.24) is 5.32 Å². The van der Waals surface area contributed by atoms with Gasteiger partial charge in [-0.05, 0) is 39.0 Å². The molecule has 1 amide bonds. The number of thiol groups is 1. The number of rotatable bonds is 6. The molecule has 0 aliphatic heterocycles. The smallest absolute Gasteiger partial charge is 0.326 e. The molecule has 8 heteroatoms. The SMILES string of the molecule is C=C(C)C(=O)NCC(=O)OC1(C)C2CCC(C2)C1O[SH](=O)=O. The Hall–Kier alpha value is -1.41. The molecule has 4 unspecified atom stereocenters. The normalized spacial score (nSPS) is 33.0. The molecule has 0 aromatic rings. The molecule has 0 radical (unpaired) electrons. The maximum absolute atomic E-state index is 12.0. The van der Waals surface area contributed by atoms with Gasteiger partial charge in [-0.1, -0.05) is 6.58 Å². The lowest BCUT2D eigenvalue weighted by Gasteiger charge is -2.38. The molecule has 2 aliphatic carbocycles. The molecule has 4 atom stereocenters. The summed E-state index contributed by atoms with van der Waals surface area (Å²) >= 11 is 0. The summed E-state index contributed by atoms with van der Waals surface area (Å²) < 4.78 is 32.3. The number of carbonyl (C=O) groups is 2. The van der Waals surface area contributed by atoms with Gasteiger partial charge in [-0.2, -0.15) is 0 Å². The summed E-state index contributed by atoms with van der Waals surface area (Å²) in [7, 11) is -3.01. The molecule has 22 heavy (non-hydrogen) atoms. The van der Waals surface area contributed by atoms with Crippen molar-refractivity contribution >= 4 is 22.9 Å². The van der Waals surface area contributed by atoms with Crippen molar-refractivity contribution in [1.29, 1.82) is 0 Å². The van der Waals surface area contributed by atoms with Crippen LogP contribution in [0.4, 0.5) is 0 Å². The number of fused-ring (bicyclic) bond motifs is 2. The highest BCUT2D eigenvalue weighted by atomic mass is 32.2. The van der Waals surface area contributed by atoms with Gasteiger partial charge in [-0.3, -0.25) is 13.8 Å². The van der Waals surface area contributed by atoms with Crippen LogP contribution >= 0.6 is 0 Å². The summed E-state index contributed by atoms with van der Waals surface area (Å²) in [6.07, 6.45) is 1.89. The van der Waals surface area contributed by atoms with Gasteiger partial charge < -0.3 is 10.1 Å². The van der Waals surface area contributed by atoms with Crippen LogP contribution in [0.3, 0.4) is 0 Å². The summed E-state index contributed by atoms with van der Waals surface area (Å²) in [6.45, 7) is 6.43. The fourth-order valence-electron chi connectivity index (χ4n) is 3.52. The van der Waals surface area contributed by atoms with E-state index in [4.69, 9.17) is 8.92 Å². The Bertz CT molecular complexity index is 564. The van der Waals surface area contributed by atoms with Crippen molar-refractivity contribution in [2.75, 3.05) is 6.54 Å². The summed E-state index contributed by atoms with van der Waals surface area (Å²) in [5, 5.41) is 2.40. The molecule has 0 aromatic heterocycles. The Labute approximate surface area is 131 Å². The van der Waals surface area contributed by atoms with Gasteiger partial charge in [0.05, 0.1) is 0 Å². The highest BCUT2D eigenvalue weighted by Gasteiger charge is 2.59. The molecule has 0 heterocycles. The van der Waals surface area contributed by atoms with Crippen LogP contribution in [0.5, 0.6) is 0 Å². The first-order valence-corrected chi connectivity index (χ1v) is 8.30. The predicted octanol–water partition coefficient (Wildman–Crippen LogP) is 0.322. The second kappa shape index (κ2) is 6.37. The van der Waals surface area contributed by atoms with Crippen LogP contribution in [0.1, 0.15) is 33.1 Å². The third-order valence-electron chi connectivity index (χ3n) is 4.59. The summed E-state index contributed by atoms with van der Waals surface area (Å²) in [6, 6.07) is 0. The standard InChI is InChI=1S/C14H21NO6S/c1-8(2)13(17)15-7-11(16)20-14(3)10-5-4-9(6-10)12(14)21-22(18)19/h9-10,12,22H,1,4-7H2,2-3H3,(H,15,17). The zero-order valence-electron chi connectivity index (χ0n) is 12.7. The molecule has 2 aliphatic rings. The molecule has 0 saturated heterocycles. The van der Waals surface area contributed by atoms with E-state index < -0.39 is 34.6 Å². The van der Waals surface area contributed by atoms with Crippen molar-refractivity contribution in [2.24, 2.45) is 11.8 Å². The van der Waals surface area contributed by atoms with E-state index in [1.165, 1.54) is 6.92 Å². The van der Waals surface area contributed by atoms with E-state index in [0.717, 1.165) is 19.3 Å². The van der Waals surface area contributed by atoms with E-state index in [-0.39, 0.29) is 18.4 Å². The number of amides is 1. The molecule has 0 aromatic carbocycles. The van der Waals surface area contributed by atoms with Gasteiger partial charge in [0.25, 0.3) is 11.0 Å². The molecule has 0 spiro atoms. The van der Waals surface area contributed by atoms with Gasteiger partial charge in [0, 0.05) is 11.5 Å². The quantitative estimate of drug-likeness (QED) is 0.413. The highest BCUT2D eigenvalue weighted by Crippen LogP contribution is 2.53. The first kappa shape index (κ1) is 17.0. The fraction of sp³-hybridized carbons (Fsp3) is 0.714. The Morgan fingerprint density at radius 2 is 2.05 bits per heavy atom. The first-order chi connectivity index (χ1) is 10.2. The van der Waals surface area contributed by atoms with Gasteiger partial charge in [0.15, 0.2) is 0 Å². The number of nitrogens with one attached hydrogen (secondary N) is 1. The zero-order chi connectivity index (χ0) is 16.5. The predicted molar refractivity (Wildman–Crippen MR) is 78.3 cm³/mol.